The van der Waals surface area contributed by atoms with Gasteiger partial charge < -0.3 is 19.3 Å². The van der Waals surface area contributed by atoms with Crippen molar-refractivity contribution in [3.05, 3.63) is 95.1 Å². The van der Waals surface area contributed by atoms with Crippen molar-refractivity contribution in [1.82, 2.24) is 4.90 Å². The largest absolute Gasteiger partial charge is 0.497 e. The molecule has 1 aliphatic heterocycles. The van der Waals surface area contributed by atoms with Crippen molar-refractivity contribution in [3.8, 4) is 11.5 Å². The first kappa shape index (κ1) is 21.7. The summed E-state index contributed by atoms with van der Waals surface area (Å²) in [5.74, 6) is 1.34. The Morgan fingerprint density at radius 1 is 0.906 bits per heavy atom. The number of hydrogen-bond acceptors (Lipinski definition) is 5. The van der Waals surface area contributed by atoms with Gasteiger partial charge in [0, 0.05) is 12.1 Å². The third kappa shape index (κ3) is 4.01. The fourth-order valence-corrected chi connectivity index (χ4v) is 4.01. The number of carbonyl (C=O) groups excluding carboxylic acids is 1. The highest BCUT2D eigenvalue weighted by molar-refractivity contribution is 5.72. The molecule has 0 bridgehead atoms. The number of carbonyl (C=O) groups is 1. The topological polar surface area (TPSA) is 68.2 Å². The summed E-state index contributed by atoms with van der Waals surface area (Å²) in [6.45, 7) is 2.33. The van der Waals surface area contributed by atoms with Crippen LogP contribution in [0.5, 0.6) is 11.5 Å². The van der Waals surface area contributed by atoms with E-state index in [0.29, 0.717) is 35.6 Å². The van der Waals surface area contributed by atoms with E-state index in [4.69, 9.17) is 14.2 Å². The Morgan fingerprint density at radius 2 is 1.47 bits per heavy atom. The van der Waals surface area contributed by atoms with Crippen LogP contribution in [0.25, 0.3) is 0 Å². The van der Waals surface area contributed by atoms with Gasteiger partial charge in [0.2, 0.25) is 5.72 Å². The molecular formula is C26H27NO5. The van der Waals surface area contributed by atoms with E-state index >= 15 is 0 Å². The highest BCUT2D eigenvalue weighted by Crippen LogP contribution is 2.47. The van der Waals surface area contributed by atoms with Crippen LogP contribution in [0.1, 0.15) is 28.4 Å². The number of hydrogen-bond donors (Lipinski definition) is 1. The summed E-state index contributed by atoms with van der Waals surface area (Å²) in [6, 6.07) is 22.4. The number of cyclic esters (lactones) is 1. The molecule has 6 heteroatoms. The minimum atomic E-state index is -1.68. The molecule has 4 rings (SSSR count). The quantitative estimate of drug-likeness (QED) is 0.590. The molecule has 1 saturated heterocycles. The first-order chi connectivity index (χ1) is 15.5. The molecule has 0 spiro atoms. The highest BCUT2D eigenvalue weighted by atomic mass is 16.6. The second kappa shape index (κ2) is 8.93. The first-order valence-corrected chi connectivity index (χ1v) is 10.5. The molecule has 32 heavy (non-hydrogen) atoms. The van der Waals surface area contributed by atoms with E-state index in [1.807, 2.05) is 31.2 Å². The number of amides is 1. The van der Waals surface area contributed by atoms with Crippen molar-refractivity contribution in [1.29, 1.82) is 0 Å². The predicted octanol–water partition coefficient (Wildman–Crippen LogP) is 4.59. The smallest absolute Gasteiger partial charge is 0.413 e. The van der Waals surface area contributed by atoms with Gasteiger partial charge >= 0.3 is 6.09 Å². The Morgan fingerprint density at radius 3 is 2.03 bits per heavy atom. The lowest BCUT2D eigenvalue weighted by atomic mass is 9.91. The summed E-state index contributed by atoms with van der Waals surface area (Å²) in [6.07, 6.45) is -0.869. The van der Waals surface area contributed by atoms with Gasteiger partial charge in [0.05, 0.1) is 14.2 Å². The molecule has 1 aliphatic rings. The van der Waals surface area contributed by atoms with E-state index in [0.717, 1.165) is 5.56 Å². The van der Waals surface area contributed by atoms with E-state index in [1.54, 1.807) is 62.8 Å². The van der Waals surface area contributed by atoms with E-state index in [1.165, 1.54) is 10.5 Å². The summed E-state index contributed by atoms with van der Waals surface area (Å²) in [5, 5.41) is 12.0. The van der Waals surface area contributed by atoms with Crippen LogP contribution in [0.2, 0.25) is 0 Å². The summed E-state index contributed by atoms with van der Waals surface area (Å²) in [5.41, 5.74) is 1.80. The van der Waals surface area contributed by atoms with Crippen LogP contribution in [-0.2, 0) is 16.9 Å². The predicted molar refractivity (Wildman–Crippen MR) is 121 cm³/mol. The van der Waals surface area contributed by atoms with Gasteiger partial charge in [0.15, 0.2) is 6.10 Å². The lowest BCUT2D eigenvalue weighted by Crippen LogP contribution is -2.46. The molecule has 0 saturated carbocycles. The zero-order valence-electron chi connectivity index (χ0n) is 18.4. The Kier molecular flexibility index (Phi) is 6.06. The summed E-state index contributed by atoms with van der Waals surface area (Å²) in [7, 11) is 3.17. The number of rotatable bonds is 7. The number of aryl methyl sites for hydroxylation is 1. The molecular weight excluding hydrogens is 406 g/mol. The van der Waals surface area contributed by atoms with Crippen LogP contribution in [0, 0.1) is 6.92 Å². The molecule has 3 aromatic carbocycles. The molecule has 1 heterocycles. The van der Waals surface area contributed by atoms with E-state index in [-0.39, 0.29) is 0 Å². The monoisotopic (exact) mass is 433 g/mol. The number of aliphatic hydroxyl groups is 1. The molecule has 1 N–H and O–H groups in total. The second-order valence-electron chi connectivity index (χ2n) is 7.88. The standard InChI is InChI=1S/C26H27NO5/c1-18-4-6-19(7-5-18)16-17-27-25(28)32-24(20-8-12-22(30-2)13-9-20)26(27,29)21-10-14-23(31-3)15-11-21/h4-15,24,29H,16-17H2,1-3H3/t24-,26-/m0/s1. The number of methoxy groups -OCH3 is 2. The van der Waals surface area contributed by atoms with Crippen LogP contribution in [-0.4, -0.2) is 36.9 Å². The van der Waals surface area contributed by atoms with Crippen molar-refractivity contribution >= 4 is 6.09 Å². The van der Waals surface area contributed by atoms with Crippen LogP contribution < -0.4 is 9.47 Å². The van der Waals surface area contributed by atoms with E-state index < -0.39 is 17.9 Å². The fraction of sp³-hybridized carbons (Fsp3) is 0.269. The number of nitrogens with zero attached hydrogens (tertiary/aromatic N) is 1. The normalized spacial score (nSPS) is 20.2. The third-order valence-electron chi connectivity index (χ3n) is 5.89. The first-order valence-electron chi connectivity index (χ1n) is 10.5. The van der Waals surface area contributed by atoms with Crippen molar-refractivity contribution in [2.45, 2.75) is 25.2 Å². The average molecular weight is 434 g/mol. The Hall–Kier alpha value is -3.51. The van der Waals surface area contributed by atoms with Gasteiger partial charge in [-0.25, -0.2) is 4.79 Å². The van der Waals surface area contributed by atoms with Gasteiger partial charge in [-0.1, -0.05) is 54.1 Å². The van der Waals surface area contributed by atoms with Crippen molar-refractivity contribution < 1.29 is 24.1 Å². The van der Waals surface area contributed by atoms with Gasteiger partial charge in [0.25, 0.3) is 0 Å². The van der Waals surface area contributed by atoms with Crippen LogP contribution in [0.4, 0.5) is 4.79 Å². The van der Waals surface area contributed by atoms with Crippen LogP contribution in [0.15, 0.2) is 72.8 Å². The van der Waals surface area contributed by atoms with Gasteiger partial charge in [-0.05, 0) is 48.7 Å². The zero-order valence-corrected chi connectivity index (χ0v) is 18.4. The van der Waals surface area contributed by atoms with Crippen LogP contribution >= 0.6 is 0 Å². The highest BCUT2D eigenvalue weighted by Gasteiger charge is 2.55. The maximum Gasteiger partial charge on any atom is 0.413 e. The lowest BCUT2D eigenvalue weighted by Gasteiger charge is -2.35. The number of ether oxygens (including phenoxy) is 3. The molecule has 3 aromatic rings. The van der Waals surface area contributed by atoms with Crippen molar-refractivity contribution in [3.63, 3.8) is 0 Å². The average Bonchev–Trinajstić information content (AvgIpc) is 3.09. The van der Waals surface area contributed by atoms with E-state index in [2.05, 4.69) is 0 Å². The van der Waals surface area contributed by atoms with Gasteiger partial charge in [-0.3, -0.25) is 4.90 Å². The molecule has 2 atom stereocenters. The zero-order chi connectivity index (χ0) is 22.7. The Balaban J connectivity index is 1.70. The molecule has 0 radical (unpaired) electrons. The molecule has 0 unspecified atom stereocenters. The Bertz CT molecular complexity index is 1060. The maximum absolute atomic E-state index is 13.0. The van der Waals surface area contributed by atoms with Gasteiger partial charge in [-0.2, -0.15) is 0 Å². The van der Waals surface area contributed by atoms with Gasteiger partial charge in [0.1, 0.15) is 11.5 Å². The molecule has 6 nitrogen and oxygen atoms in total. The molecule has 1 fully saturated rings. The molecule has 1 amide bonds. The molecule has 0 aromatic heterocycles. The minimum Gasteiger partial charge on any atom is -0.497 e. The summed E-state index contributed by atoms with van der Waals surface area (Å²) in [4.78, 5) is 14.4. The van der Waals surface area contributed by atoms with Gasteiger partial charge in [-0.15, -0.1) is 0 Å². The molecule has 0 aliphatic carbocycles. The van der Waals surface area contributed by atoms with E-state index in [9.17, 15) is 9.90 Å². The van der Waals surface area contributed by atoms with Crippen molar-refractivity contribution in [2.75, 3.05) is 20.8 Å². The lowest BCUT2D eigenvalue weighted by molar-refractivity contribution is -0.109. The maximum atomic E-state index is 13.0. The van der Waals surface area contributed by atoms with Crippen molar-refractivity contribution in [2.24, 2.45) is 0 Å². The Labute approximate surface area is 188 Å². The summed E-state index contributed by atoms with van der Waals surface area (Å²) < 4.78 is 16.2. The summed E-state index contributed by atoms with van der Waals surface area (Å²) >= 11 is 0. The number of benzene rings is 3. The fourth-order valence-electron chi connectivity index (χ4n) is 4.01. The van der Waals surface area contributed by atoms with Crippen LogP contribution in [0.3, 0.4) is 0 Å². The SMILES string of the molecule is COc1ccc([C@@H]2OC(=O)N(CCc3ccc(C)cc3)[C@]2(O)c2ccc(OC)cc2)cc1. The third-order valence-corrected chi connectivity index (χ3v) is 5.89. The minimum absolute atomic E-state index is 0.303. The molecule has 166 valence electrons. The second-order valence-corrected chi connectivity index (χ2v) is 7.88.